The summed E-state index contributed by atoms with van der Waals surface area (Å²) in [5.41, 5.74) is 4.23. The number of esters is 1. The number of nitrogens with one attached hydrogen (secondary N) is 1. The molecule has 1 heterocycles. The molecule has 1 aliphatic heterocycles. The zero-order valence-electron chi connectivity index (χ0n) is 18.4. The van der Waals surface area contributed by atoms with Gasteiger partial charge in [-0.1, -0.05) is 37.3 Å². The smallest absolute Gasteiger partial charge is 0.308 e. The fourth-order valence-electron chi connectivity index (χ4n) is 3.91. The molecule has 3 aromatic rings. The molecule has 0 aromatic heterocycles. The number of ether oxygens (including phenoxy) is 3. The van der Waals surface area contributed by atoms with E-state index in [1.807, 2.05) is 49.4 Å². The molecule has 2 atom stereocenters. The summed E-state index contributed by atoms with van der Waals surface area (Å²) in [6, 6.07) is 18.3. The molecule has 0 spiro atoms. The van der Waals surface area contributed by atoms with Crippen LogP contribution in [0.2, 0.25) is 0 Å². The van der Waals surface area contributed by atoms with Gasteiger partial charge in [-0.3, -0.25) is 4.79 Å². The quantitative estimate of drug-likeness (QED) is 0.526. The second-order valence-corrected chi connectivity index (χ2v) is 7.93. The zero-order chi connectivity index (χ0) is 22.7. The first-order valence-electron chi connectivity index (χ1n) is 10.5. The summed E-state index contributed by atoms with van der Waals surface area (Å²) in [6.07, 6.45) is 0.590. The number of halogens is 1. The minimum Gasteiger partial charge on any atom is -0.497 e. The number of hydrogen-bond donors (Lipinski definition) is 1. The van der Waals surface area contributed by atoms with Crippen molar-refractivity contribution in [2.24, 2.45) is 5.92 Å². The molecule has 32 heavy (non-hydrogen) atoms. The number of carbonyl (C=O) groups is 1. The molecule has 3 aromatic carbocycles. The minimum atomic E-state index is -0.291. The highest BCUT2D eigenvalue weighted by Gasteiger charge is 2.22. The van der Waals surface area contributed by atoms with E-state index in [1.54, 1.807) is 19.2 Å². The van der Waals surface area contributed by atoms with Gasteiger partial charge in [-0.25, -0.2) is 4.39 Å². The van der Waals surface area contributed by atoms with Gasteiger partial charge in [0.2, 0.25) is 0 Å². The van der Waals surface area contributed by atoms with Gasteiger partial charge in [0.25, 0.3) is 0 Å². The number of benzene rings is 3. The van der Waals surface area contributed by atoms with E-state index in [0.29, 0.717) is 24.3 Å². The predicted molar refractivity (Wildman–Crippen MR) is 122 cm³/mol. The highest BCUT2D eigenvalue weighted by Crippen LogP contribution is 2.36. The molecule has 6 heteroatoms. The normalized spacial score (nSPS) is 15.7. The maximum Gasteiger partial charge on any atom is 0.308 e. The molecule has 0 bridgehead atoms. The van der Waals surface area contributed by atoms with Gasteiger partial charge in [0, 0.05) is 5.56 Å². The van der Waals surface area contributed by atoms with Crippen LogP contribution in [-0.2, 0) is 16.0 Å². The van der Waals surface area contributed by atoms with Crippen molar-refractivity contribution in [2.75, 3.05) is 26.1 Å². The lowest BCUT2D eigenvalue weighted by molar-refractivity contribution is -0.144. The zero-order valence-corrected chi connectivity index (χ0v) is 18.4. The molecule has 1 aliphatic rings. The van der Waals surface area contributed by atoms with Crippen LogP contribution in [0.15, 0.2) is 60.7 Å². The highest BCUT2D eigenvalue weighted by atomic mass is 19.1. The van der Waals surface area contributed by atoms with Gasteiger partial charge < -0.3 is 19.5 Å². The standard InChI is InChI=1S/C26H26FNO4/c1-16(26(29)31-3)12-17-4-11-25-23(13-17)28-24(15-32-25)19-7-5-18(6-8-19)21-14-20(30-2)9-10-22(21)27/h4-11,13-14,16,24,28H,12,15H2,1-3H3. The second-order valence-electron chi connectivity index (χ2n) is 7.93. The largest absolute Gasteiger partial charge is 0.497 e. The van der Waals surface area contributed by atoms with Crippen molar-refractivity contribution in [3.8, 4) is 22.6 Å². The molecule has 0 aliphatic carbocycles. The SMILES string of the molecule is COC(=O)C(C)Cc1ccc2c(c1)NC(c1ccc(-c3cc(OC)ccc3F)cc1)CO2. The molecule has 0 amide bonds. The second kappa shape index (κ2) is 9.30. The Morgan fingerprint density at radius 3 is 2.62 bits per heavy atom. The fraction of sp³-hybridized carbons (Fsp3) is 0.269. The van der Waals surface area contributed by atoms with Crippen LogP contribution in [0.3, 0.4) is 0 Å². The molecule has 1 N–H and O–H groups in total. The third kappa shape index (κ3) is 4.54. The van der Waals surface area contributed by atoms with Gasteiger partial charge in [-0.15, -0.1) is 0 Å². The Labute approximate surface area is 187 Å². The summed E-state index contributed by atoms with van der Waals surface area (Å²) in [5, 5.41) is 3.52. The van der Waals surface area contributed by atoms with Gasteiger partial charge >= 0.3 is 5.97 Å². The van der Waals surface area contributed by atoms with E-state index in [9.17, 15) is 9.18 Å². The van der Waals surface area contributed by atoms with E-state index < -0.39 is 0 Å². The maximum absolute atomic E-state index is 14.3. The Hall–Kier alpha value is -3.54. The monoisotopic (exact) mass is 435 g/mol. The van der Waals surface area contributed by atoms with E-state index in [0.717, 1.165) is 28.1 Å². The van der Waals surface area contributed by atoms with Crippen molar-refractivity contribution in [3.63, 3.8) is 0 Å². The fourth-order valence-corrected chi connectivity index (χ4v) is 3.91. The Kier molecular flexibility index (Phi) is 6.30. The number of anilines is 1. The molecule has 5 nitrogen and oxygen atoms in total. The van der Waals surface area contributed by atoms with Crippen LogP contribution in [0.25, 0.3) is 11.1 Å². The van der Waals surface area contributed by atoms with Gasteiger partial charge in [-0.2, -0.15) is 0 Å². The topological polar surface area (TPSA) is 56.8 Å². The third-order valence-corrected chi connectivity index (χ3v) is 5.72. The summed E-state index contributed by atoms with van der Waals surface area (Å²) in [6.45, 7) is 2.34. The number of methoxy groups -OCH3 is 2. The minimum absolute atomic E-state index is 0.0417. The first kappa shape index (κ1) is 21.7. The van der Waals surface area contributed by atoms with E-state index in [1.165, 1.54) is 13.2 Å². The predicted octanol–water partition coefficient (Wildman–Crippen LogP) is 5.40. The molecule has 0 saturated carbocycles. The third-order valence-electron chi connectivity index (χ3n) is 5.72. The molecule has 4 rings (SSSR count). The van der Waals surface area contributed by atoms with Crippen LogP contribution in [0, 0.1) is 11.7 Å². The molecule has 2 unspecified atom stereocenters. The van der Waals surface area contributed by atoms with Gasteiger partial charge in [0.1, 0.15) is 23.9 Å². The summed E-state index contributed by atoms with van der Waals surface area (Å²) in [4.78, 5) is 11.7. The number of fused-ring (bicyclic) bond motifs is 1. The van der Waals surface area contributed by atoms with Crippen molar-refractivity contribution < 1.29 is 23.4 Å². The highest BCUT2D eigenvalue weighted by molar-refractivity contribution is 5.72. The first-order valence-corrected chi connectivity index (χ1v) is 10.5. The lowest BCUT2D eigenvalue weighted by Crippen LogP contribution is -2.24. The number of hydrogen-bond acceptors (Lipinski definition) is 5. The van der Waals surface area contributed by atoms with Gasteiger partial charge in [0.05, 0.1) is 31.9 Å². The Bertz CT molecular complexity index is 1110. The molecule has 166 valence electrons. The average Bonchev–Trinajstić information content (AvgIpc) is 2.83. The first-order chi connectivity index (χ1) is 15.5. The van der Waals surface area contributed by atoms with E-state index >= 15 is 0 Å². The summed E-state index contributed by atoms with van der Waals surface area (Å²) >= 11 is 0. The Morgan fingerprint density at radius 2 is 1.91 bits per heavy atom. The van der Waals surface area contributed by atoms with Gasteiger partial charge in [-0.05, 0) is 53.4 Å². The molecule has 0 saturated heterocycles. The Balaban J connectivity index is 1.51. The van der Waals surface area contributed by atoms with Crippen molar-refractivity contribution >= 4 is 11.7 Å². The summed E-state index contributed by atoms with van der Waals surface area (Å²) in [7, 11) is 2.97. The summed E-state index contributed by atoms with van der Waals surface area (Å²) < 4.78 is 30.3. The van der Waals surface area contributed by atoms with Crippen LogP contribution in [-0.4, -0.2) is 26.8 Å². The van der Waals surface area contributed by atoms with Crippen LogP contribution in [0.5, 0.6) is 11.5 Å². The lowest BCUT2D eigenvalue weighted by atomic mass is 9.98. The summed E-state index contributed by atoms with van der Waals surface area (Å²) in [5.74, 6) is 0.660. The number of carbonyl (C=O) groups excluding carboxylic acids is 1. The molecular weight excluding hydrogens is 409 g/mol. The van der Waals surface area contributed by atoms with Crippen LogP contribution in [0.1, 0.15) is 24.1 Å². The maximum atomic E-state index is 14.3. The van der Waals surface area contributed by atoms with Crippen LogP contribution >= 0.6 is 0 Å². The number of rotatable bonds is 6. The van der Waals surface area contributed by atoms with E-state index in [-0.39, 0.29) is 23.7 Å². The van der Waals surface area contributed by atoms with Crippen molar-refractivity contribution in [2.45, 2.75) is 19.4 Å². The van der Waals surface area contributed by atoms with Crippen molar-refractivity contribution in [1.29, 1.82) is 0 Å². The average molecular weight is 435 g/mol. The van der Waals surface area contributed by atoms with Gasteiger partial charge in [0.15, 0.2) is 0 Å². The van der Waals surface area contributed by atoms with Crippen LogP contribution < -0.4 is 14.8 Å². The van der Waals surface area contributed by atoms with E-state index in [4.69, 9.17) is 14.2 Å². The Morgan fingerprint density at radius 1 is 1.12 bits per heavy atom. The lowest BCUT2D eigenvalue weighted by Gasteiger charge is -2.28. The van der Waals surface area contributed by atoms with Crippen molar-refractivity contribution in [3.05, 3.63) is 77.6 Å². The molecule has 0 fully saturated rings. The van der Waals surface area contributed by atoms with E-state index in [2.05, 4.69) is 5.32 Å². The molecule has 0 radical (unpaired) electrons. The van der Waals surface area contributed by atoms with Crippen molar-refractivity contribution in [1.82, 2.24) is 0 Å². The van der Waals surface area contributed by atoms with Crippen LogP contribution in [0.4, 0.5) is 10.1 Å². The molecular formula is C26H26FNO4.